The normalized spacial score (nSPS) is 10.1. The van der Waals surface area contributed by atoms with Crippen molar-refractivity contribution >= 4 is 45.1 Å². The Morgan fingerprint density at radius 3 is 2.35 bits per heavy atom. The molecule has 0 radical (unpaired) electrons. The van der Waals surface area contributed by atoms with Crippen LogP contribution in [0.5, 0.6) is 0 Å². The van der Waals surface area contributed by atoms with E-state index < -0.39 is 11.9 Å². The minimum Gasteiger partial charge on any atom is -0.478 e. The van der Waals surface area contributed by atoms with Crippen molar-refractivity contribution in [3.8, 4) is 0 Å². The van der Waals surface area contributed by atoms with E-state index in [1.54, 1.807) is 30.3 Å². The van der Waals surface area contributed by atoms with E-state index in [9.17, 15) is 9.59 Å². The lowest BCUT2D eigenvalue weighted by Gasteiger charge is -2.08. The Balaban J connectivity index is 2.28. The maximum atomic E-state index is 12.1. The number of hydrogen-bond acceptors (Lipinski definition) is 2. The largest absolute Gasteiger partial charge is 0.478 e. The van der Waals surface area contributed by atoms with E-state index in [4.69, 9.17) is 16.7 Å². The second kappa shape index (κ2) is 6.07. The zero-order valence-electron chi connectivity index (χ0n) is 10.1. The van der Waals surface area contributed by atoms with Crippen molar-refractivity contribution in [3.05, 3.63) is 63.1 Å². The molecule has 0 aromatic heterocycles. The summed E-state index contributed by atoms with van der Waals surface area (Å²) in [6.07, 6.45) is 0. The molecule has 0 aliphatic heterocycles. The summed E-state index contributed by atoms with van der Waals surface area (Å²) in [5, 5.41) is 12.1. The molecule has 0 aliphatic rings. The lowest BCUT2D eigenvalue weighted by molar-refractivity contribution is 0.0692. The molecule has 0 saturated carbocycles. The zero-order valence-corrected chi connectivity index (χ0v) is 12.4. The fraction of sp³-hybridized carbons (Fsp3) is 0. The maximum absolute atomic E-state index is 12.1. The van der Waals surface area contributed by atoms with Crippen molar-refractivity contribution in [3.63, 3.8) is 0 Å². The van der Waals surface area contributed by atoms with Crippen molar-refractivity contribution < 1.29 is 14.7 Å². The van der Waals surface area contributed by atoms with Crippen LogP contribution >= 0.6 is 27.5 Å². The first-order valence-electron chi connectivity index (χ1n) is 5.58. The summed E-state index contributed by atoms with van der Waals surface area (Å²) in [5.41, 5.74) is 0.538. The van der Waals surface area contributed by atoms with Crippen LogP contribution in [0.3, 0.4) is 0 Å². The van der Waals surface area contributed by atoms with Gasteiger partial charge >= 0.3 is 5.97 Å². The highest BCUT2D eigenvalue weighted by atomic mass is 79.9. The summed E-state index contributed by atoms with van der Waals surface area (Å²) in [6, 6.07) is 10.9. The first kappa shape index (κ1) is 14.6. The molecule has 2 rings (SSSR count). The van der Waals surface area contributed by atoms with Gasteiger partial charge in [0.15, 0.2) is 0 Å². The molecule has 0 spiro atoms. The highest BCUT2D eigenvalue weighted by Gasteiger charge is 2.15. The van der Waals surface area contributed by atoms with Crippen LogP contribution in [0.25, 0.3) is 0 Å². The second-order valence-corrected chi connectivity index (χ2v) is 5.20. The van der Waals surface area contributed by atoms with Gasteiger partial charge in [-0.1, -0.05) is 23.7 Å². The fourth-order valence-corrected chi connectivity index (χ4v) is 2.07. The molecular formula is C14H9BrClNO3. The van der Waals surface area contributed by atoms with E-state index in [2.05, 4.69) is 21.2 Å². The Kier molecular flexibility index (Phi) is 4.42. The summed E-state index contributed by atoms with van der Waals surface area (Å²) in [6.45, 7) is 0. The number of carbonyl (C=O) groups excluding carboxylic acids is 1. The van der Waals surface area contributed by atoms with Crippen LogP contribution < -0.4 is 5.32 Å². The van der Waals surface area contributed by atoms with E-state index in [0.717, 1.165) is 0 Å². The van der Waals surface area contributed by atoms with Crippen molar-refractivity contribution in [1.29, 1.82) is 0 Å². The quantitative estimate of drug-likeness (QED) is 0.874. The average Bonchev–Trinajstić information content (AvgIpc) is 2.43. The first-order valence-corrected chi connectivity index (χ1v) is 6.75. The molecule has 20 heavy (non-hydrogen) atoms. The summed E-state index contributed by atoms with van der Waals surface area (Å²) < 4.78 is 0.711. The molecule has 0 fully saturated rings. The predicted octanol–water partition coefficient (Wildman–Crippen LogP) is 4.05. The van der Waals surface area contributed by atoms with Gasteiger partial charge in [0, 0.05) is 10.2 Å². The van der Waals surface area contributed by atoms with E-state index in [1.807, 2.05) is 0 Å². The Morgan fingerprint density at radius 1 is 1.10 bits per heavy atom. The molecule has 6 heteroatoms. The summed E-state index contributed by atoms with van der Waals surface area (Å²) >= 11 is 9.18. The molecule has 2 aromatic rings. The Labute approximate surface area is 128 Å². The number of carbonyl (C=O) groups is 2. The second-order valence-electron chi connectivity index (χ2n) is 3.93. The molecule has 0 aliphatic carbocycles. The first-order chi connectivity index (χ1) is 9.49. The van der Waals surface area contributed by atoms with Gasteiger partial charge < -0.3 is 10.4 Å². The van der Waals surface area contributed by atoms with Crippen LogP contribution in [0.4, 0.5) is 5.69 Å². The summed E-state index contributed by atoms with van der Waals surface area (Å²) in [4.78, 5) is 23.2. The van der Waals surface area contributed by atoms with Crippen molar-refractivity contribution in [2.45, 2.75) is 0 Å². The number of aromatic carboxylic acids is 1. The third kappa shape index (κ3) is 3.18. The van der Waals surface area contributed by atoms with Gasteiger partial charge in [-0.15, -0.1) is 0 Å². The highest BCUT2D eigenvalue weighted by molar-refractivity contribution is 9.10. The van der Waals surface area contributed by atoms with Crippen LogP contribution in [0, 0.1) is 0 Å². The molecule has 0 unspecified atom stereocenters. The topological polar surface area (TPSA) is 66.4 Å². The van der Waals surface area contributed by atoms with Crippen LogP contribution in [-0.2, 0) is 0 Å². The monoisotopic (exact) mass is 353 g/mol. The molecular weight excluding hydrogens is 346 g/mol. The van der Waals surface area contributed by atoms with E-state index in [0.29, 0.717) is 15.2 Å². The number of halogens is 2. The van der Waals surface area contributed by atoms with Gasteiger partial charge in [-0.2, -0.15) is 0 Å². The van der Waals surface area contributed by atoms with Crippen LogP contribution in [0.2, 0.25) is 5.02 Å². The van der Waals surface area contributed by atoms with E-state index in [-0.39, 0.29) is 11.1 Å². The minimum absolute atomic E-state index is 0.0480. The van der Waals surface area contributed by atoms with Gasteiger partial charge in [0.1, 0.15) is 0 Å². The zero-order chi connectivity index (χ0) is 14.7. The molecule has 1 amide bonds. The number of benzene rings is 2. The van der Waals surface area contributed by atoms with Gasteiger partial charge in [0.25, 0.3) is 5.91 Å². The molecule has 0 heterocycles. The third-order valence-corrected chi connectivity index (χ3v) is 3.81. The molecule has 4 nitrogen and oxygen atoms in total. The average molecular weight is 355 g/mol. The van der Waals surface area contributed by atoms with Crippen molar-refractivity contribution in [2.75, 3.05) is 5.32 Å². The molecule has 2 N–H and O–H groups in total. The van der Waals surface area contributed by atoms with Gasteiger partial charge in [0.2, 0.25) is 0 Å². The van der Waals surface area contributed by atoms with Crippen molar-refractivity contribution in [2.24, 2.45) is 0 Å². The standard InChI is InChI=1S/C14H9BrClNO3/c15-11-6-5-8(7-12(11)16)17-13(18)9-3-1-2-4-10(9)14(19)20/h1-7H,(H,17,18)(H,19,20). The molecule has 2 aromatic carbocycles. The lowest BCUT2D eigenvalue weighted by Crippen LogP contribution is -2.16. The highest BCUT2D eigenvalue weighted by Crippen LogP contribution is 2.26. The molecule has 102 valence electrons. The van der Waals surface area contributed by atoms with E-state index >= 15 is 0 Å². The van der Waals surface area contributed by atoms with Crippen molar-refractivity contribution in [1.82, 2.24) is 0 Å². The fourth-order valence-electron chi connectivity index (χ4n) is 1.64. The maximum Gasteiger partial charge on any atom is 0.336 e. The SMILES string of the molecule is O=C(O)c1ccccc1C(=O)Nc1ccc(Br)c(Cl)c1. The number of carboxylic acid groups (broad SMARTS) is 1. The molecule has 0 saturated heterocycles. The minimum atomic E-state index is -1.15. The summed E-state index contributed by atoms with van der Waals surface area (Å²) in [5.74, 6) is -1.65. The number of rotatable bonds is 3. The lowest BCUT2D eigenvalue weighted by atomic mass is 10.1. The third-order valence-electron chi connectivity index (χ3n) is 2.58. The van der Waals surface area contributed by atoms with E-state index in [1.165, 1.54) is 12.1 Å². The van der Waals surface area contributed by atoms with Gasteiger partial charge in [-0.25, -0.2) is 4.79 Å². The Hall–Kier alpha value is -1.85. The molecule has 0 bridgehead atoms. The molecule has 0 atom stereocenters. The number of anilines is 1. The van der Waals surface area contributed by atoms with Gasteiger partial charge in [-0.3, -0.25) is 4.79 Å². The number of amides is 1. The van der Waals surface area contributed by atoms with Gasteiger partial charge in [0.05, 0.1) is 16.1 Å². The Bertz CT molecular complexity index is 688. The van der Waals surface area contributed by atoms with Gasteiger partial charge in [-0.05, 0) is 46.3 Å². The van der Waals surface area contributed by atoms with Crippen LogP contribution in [0.1, 0.15) is 20.7 Å². The summed E-state index contributed by atoms with van der Waals surface area (Å²) in [7, 11) is 0. The van der Waals surface area contributed by atoms with Crippen LogP contribution in [-0.4, -0.2) is 17.0 Å². The van der Waals surface area contributed by atoms with Crippen LogP contribution in [0.15, 0.2) is 46.9 Å². The number of hydrogen-bond donors (Lipinski definition) is 2. The predicted molar refractivity (Wildman–Crippen MR) is 80.5 cm³/mol. The number of nitrogens with one attached hydrogen (secondary N) is 1. The number of carboxylic acids is 1. The smallest absolute Gasteiger partial charge is 0.336 e. The Morgan fingerprint density at radius 2 is 1.75 bits per heavy atom.